The molecule has 0 aliphatic carbocycles. The van der Waals surface area contributed by atoms with Crippen LogP contribution in [0.5, 0.6) is 0 Å². The van der Waals surface area contributed by atoms with E-state index in [2.05, 4.69) is 541 Å². The molecule has 25 rings (SSSR count). The Kier molecular flexibility index (Phi) is 21.0. The van der Waals surface area contributed by atoms with Crippen LogP contribution < -0.4 is 9.80 Å². The van der Waals surface area contributed by atoms with Crippen LogP contribution in [0.25, 0.3) is 199 Å². The lowest BCUT2D eigenvalue weighted by molar-refractivity contribution is 0.670. The highest BCUT2D eigenvalue weighted by molar-refractivity contribution is 6.14. The third-order valence-electron chi connectivity index (χ3n) is 26.7. The zero-order chi connectivity index (χ0) is 89.5. The van der Waals surface area contributed by atoms with E-state index in [1.807, 2.05) is 12.1 Å². The SMILES string of the molecule is c1ccc(-c2ccc(-c3ccc(N(c4ccc(-c5ccc(-c6ccccc6-n6c7ccccc7c7cc(-c8ccccc8)ccc76)cc5)cc4)c4ccc(-c5cccc6c5oc5ccccc56)cc4)cc3)cc2)cc1.c1ccc(-c2ccc(N(c3ccc(-c4ccc(-c5ccccc5-n5c6ccccc6c6cc(-c7ccccc7)ccc65)cc4)cc3)c3cccc4ccccc34)cc2)cc1. The minimum absolute atomic E-state index is 0.900. The zero-order valence-electron chi connectivity index (χ0n) is 74.0. The van der Waals surface area contributed by atoms with E-state index in [-0.39, 0.29) is 0 Å². The van der Waals surface area contributed by atoms with Gasteiger partial charge in [-0.05, 0) is 221 Å². The Balaban J connectivity index is 0.000000152. The van der Waals surface area contributed by atoms with E-state index in [4.69, 9.17) is 4.42 Å². The van der Waals surface area contributed by atoms with Crippen molar-refractivity contribution >= 4 is 110 Å². The largest absolute Gasteiger partial charge is 0.455 e. The molecule has 0 bridgehead atoms. The van der Waals surface area contributed by atoms with E-state index >= 15 is 0 Å². The lowest BCUT2D eigenvalue weighted by Gasteiger charge is -2.27. The molecular weight excluding hydrogens is 1630 g/mol. The maximum atomic E-state index is 6.46. The molecule has 0 fully saturated rings. The van der Waals surface area contributed by atoms with Crippen LogP contribution in [-0.2, 0) is 0 Å². The number of aromatic nitrogens is 2. The second kappa shape index (κ2) is 35.2. The maximum absolute atomic E-state index is 6.46. The number of hydrogen-bond acceptors (Lipinski definition) is 3. The van der Waals surface area contributed by atoms with Crippen LogP contribution in [0.2, 0.25) is 0 Å². The van der Waals surface area contributed by atoms with Gasteiger partial charge in [0.05, 0.1) is 39.1 Å². The summed E-state index contributed by atoms with van der Waals surface area (Å²) in [7, 11) is 0. The molecule has 0 amide bonds. The number of rotatable bonds is 18. The Morgan fingerprint density at radius 3 is 0.844 bits per heavy atom. The summed E-state index contributed by atoms with van der Waals surface area (Å²) in [5.41, 5.74) is 39.1. The van der Waals surface area contributed by atoms with Crippen LogP contribution in [0.15, 0.2) is 538 Å². The monoisotopic (exact) mass is 1720 g/mol. The molecule has 0 N–H and O–H groups in total. The summed E-state index contributed by atoms with van der Waals surface area (Å²) in [5, 5.41) is 9.68. The smallest absolute Gasteiger partial charge is 0.143 e. The van der Waals surface area contributed by atoms with Crippen molar-refractivity contribution in [3.8, 4) is 123 Å². The van der Waals surface area contributed by atoms with Crippen molar-refractivity contribution in [1.29, 1.82) is 0 Å². The van der Waals surface area contributed by atoms with Gasteiger partial charge < -0.3 is 23.4 Å². The van der Waals surface area contributed by atoms with Crippen LogP contribution in [0.1, 0.15) is 0 Å². The Morgan fingerprint density at radius 1 is 0.156 bits per heavy atom. The van der Waals surface area contributed by atoms with Gasteiger partial charge in [-0.25, -0.2) is 0 Å². The summed E-state index contributed by atoms with van der Waals surface area (Å²) in [6, 6.07) is 193. The molecule has 0 unspecified atom stereocenters. The summed E-state index contributed by atoms with van der Waals surface area (Å²) in [6.45, 7) is 0. The van der Waals surface area contributed by atoms with Gasteiger partial charge >= 0.3 is 0 Å². The van der Waals surface area contributed by atoms with Crippen molar-refractivity contribution in [3.05, 3.63) is 534 Å². The van der Waals surface area contributed by atoms with E-state index in [1.54, 1.807) is 0 Å². The highest BCUT2D eigenvalue weighted by atomic mass is 16.3. The summed E-state index contributed by atoms with van der Waals surface area (Å²) in [4.78, 5) is 4.72. The average molecular weight is 1720 g/mol. The molecule has 22 aromatic carbocycles. The quantitative estimate of drug-likeness (QED) is 0.0857. The normalized spacial score (nSPS) is 11.4. The molecule has 0 saturated heterocycles. The molecular formula is C130H88N4O. The van der Waals surface area contributed by atoms with Gasteiger partial charge in [-0.3, -0.25) is 0 Å². The first-order valence-corrected chi connectivity index (χ1v) is 46.2. The van der Waals surface area contributed by atoms with Crippen molar-refractivity contribution in [2.24, 2.45) is 0 Å². The number of benzene rings is 22. The van der Waals surface area contributed by atoms with Gasteiger partial charge in [-0.1, -0.05) is 413 Å². The van der Waals surface area contributed by atoms with E-state index in [0.717, 1.165) is 84.0 Å². The number of hydrogen-bond donors (Lipinski definition) is 0. The third-order valence-corrected chi connectivity index (χ3v) is 26.7. The van der Waals surface area contributed by atoms with E-state index in [9.17, 15) is 0 Å². The van der Waals surface area contributed by atoms with Crippen LogP contribution in [0, 0.1) is 0 Å². The second-order valence-corrected chi connectivity index (χ2v) is 34.6. The fourth-order valence-electron chi connectivity index (χ4n) is 20.0. The lowest BCUT2D eigenvalue weighted by atomic mass is 9.98. The Hall–Kier alpha value is -17.9. The molecule has 0 aliphatic rings. The van der Waals surface area contributed by atoms with Crippen molar-refractivity contribution in [1.82, 2.24) is 9.13 Å². The summed E-state index contributed by atoms with van der Waals surface area (Å²) in [6.07, 6.45) is 0. The molecule has 135 heavy (non-hydrogen) atoms. The minimum atomic E-state index is 0.900. The van der Waals surface area contributed by atoms with Gasteiger partial charge in [0.1, 0.15) is 11.2 Å². The summed E-state index contributed by atoms with van der Waals surface area (Å²) in [5.74, 6) is 0. The van der Waals surface area contributed by atoms with Crippen LogP contribution in [0.3, 0.4) is 0 Å². The standard InChI is InChI=1S/C72H48N2O.C58H40N2/c1-3-14-49(15-4-1)51-26-28-52(29-27-51)54-34-41-59(42-35-54)73(61-45-38-57(39-46-61)63-21-13-22-66-65-20-9-12-25-71(65)75-72(63)66)60-43-36-55(37-44-60)53-30-32-56(33-31-53)62-18-7-10-23-68(62)74-69-24-11-8-19-64(69)67-48-58(40-47-70(67)74)50-16-5-2-6-17-50;1-3-14-41(15-4-1)44-30-35-49(36-31-44)59(55-25-13-19-46-18-7-8-20-51(46)55)50-37-32-45(33-38-50)43-26-28-47(29-27-43)52-21-9-11-23-56(52)60-57-24-12-10-22-53(57)54-40-48(34-39-58(54)60)42-16-5-2-6-17-42/h1-48H;1-40H. The minimum Gasteiger partial charge on any atom is -0.455 e. The Labute approximate surface area is 784 Å². The maximum Gasteiger partial charge on any atom is 0.143 e. The number of furan rings is 1. The van der Waals surface area contributed by atoms with Crippen molar-refractivity contribution in [2.75, 3.05) is 9.80 Å². The van der Waals surface area contributed by atoms with Crippen LogP contribution >= 0.6 is 0 Å². The summed E-state index contributed by atoms with van der Waals surface area (Å²) < 4.78 is 11.3. The van der Waals surface area contributed by atoms with Crippen LogP contribution in [-0.4, -0.2) is 9.13 Å². The Bertz CT molecular complexity index is 8620. The lowest BCUT2D eigenvalue weighted by Crippen LogP contribution is -2.10. The van der Waals surface area contributed by atoms with Crippen molar-refractivity contribution in [3.63, 3.8) is 0 Å². The molecule has 0 aliphatic heterocycles. The molecule has 0 spiro atoms. The predicted molar refractivity (Wildman–Crippen MR) is 570 cm³/mol. The highest BCUT2D eigenvalue weighted by Gasteiger charge is 2.24. The first kappa shape index (κ1) is 80.4. The topological polar surface area (TPSA) is 29.5 Å². The fraction of sp³-hybridized carbons (Fsp3) is 0. The molecule has 25 aromatic rings. The number of para-hydroxylation sites is 6. The zero-order valence-corrected chi connectivity index (χ0v) is 74.0. The molecule has 3 heterocycles. The molecule has 634 valence electrons. The third kappa shape index (κ3) is 15.3. The van der Waals surface area contributed by atoms with Gasteiger partial charge in [0.25, 0.3) is 0 Å². The number of nitrogens with zero attached hydrogens (tertiary/aromatic N) is 4. The first-order chi connectivity index (χ1) is 66.9. The molecule has 3 aromatic heterocycles. The van der Waals surface area contributed by atoms with Crippen molar-refractivity contribution in [2.45, 2.75) is 0 Å². The Morgan fingerprint density at radius 2 is 0.422 bits per heavy atom. The first-order valence-electron chi connectivity index (χ1n) is 46.2. The van der Waals surface area contributed by atoms with E-state index < -0.39 is 0 Å². The van der Waals surface area contributed by atoms with Gasteiger partial charge in [-0.2, -0.15) is 0 Å². The van der Waals surface area contributed by atoms with Crippen molar-refractivity contribution < 1.29 is 4.42 Å². The van der Waals surface area contributed by atoms with E-state index in [1.165, 1.54) is 149 Å². The van der Waals surface area contributed by atoms with Gasteiger partial charge in [-0.15, -0.1) is 0 Å². The van der Waals surface area contributed by atoms with E-state index in [0.29, 0.717) is 0 Å². The number of fused-ring (bicyclic) bond motifs is 10. The fourth-order valence-corrected chi connectivity index (χ4v) is 20.0. The average Bonchev–Trinajstić information content (AvgIpc) is 1.56. The molecule has 5 nitrogen and oxygen atoms in total. The molecule has 0 saturated carbocycles. The summed E-state index contributed by atoms with van der Waals surface area (Å²) >= 11 is 0. The van der Waals surface area contributed by atoms with Gasteiger partial charge in [0.2, 0.25) is 0 Å². The van der Waals surface area contributed by atoms with Crippen LogP contribution in [0.4, 0.5) is 34.1 Å². The molecule has 5 heteroatoms. The number of anilines is 6. The molecule has 0 atom stereocenters. The van der Waals surface area contributed by atoms with Gasteiger partial charge in [0, 0.05) is 82.8 Å². The molecule has 0 radical (unpaired) electrons. The second-order valence-electron chi connectivity index (χ2n) is 34.6. The highest BCUT2D eigenvalue weighted by Crippen LogP contribution is 2.47. The van der Waals surface area contributed by atoms with Gasteiger partial charge in [0.15, 0.2) is 0 Å². The predicted octanol–water partition coefficient (Wildman–Crippen LogP) is 36.2.